The number of nitrogens with zero attached hydrogens (tertiary/aromatic N) is 2. The summed E-state index contributed by atoms with van der Waals surface area (Å²) in [5.74, 6) is 1.47. The van der Waals surface area contributed by atoms with Gasteiger partial charge in [-0.05, 0) is 24.6 Å². The number of fused-ring (bicyclic) bond motifs is 1. The van der Waals surface area contributed by atoms with Gasteiger partial charge < -0.3 is 9.47 Å². The van der Waals surface area contributed by atoms with E-state index in [0.29, 0.717) is 24.4 Å². The first-order valence-electron chi connectivity index (χ1n) is 7.27. The number of hydrogen-bond donors (Lipinski definition) is 0. The third-order valence-electron chi connectivity index (χ3n) is 3.78. The summed E-state index contributed by atoms with van der Waals surface area (Å²) in [6, 6.07) is 7.71. The molecule has 0 saturated heterocycles. The summed E-state index contributed by atoms with van der Waals surface area (Å²) < 4.78 is 12.0. The summed E-state index contributed by atoms with van der Waals surface area (Å²) >= 11 is 1.49. The van der Waals surface area contributed by atoms with Crippen molar-refractivity contribution in [1.29, 1.82) is 0 Å². The van der Waals surface area contributed by atoms with Crippen LogP contribution in [0, 0.1) is 6.92 Å². The summed E-state index contributed by atoms with van der Waals surface area (Å²) in [4.78, 5) is 18.2. The van der Waals surface area contributed by atoms with Gasteiger partial charge in [-0.3, -0.25) is 9.36 Å². The molecular weight excluding hydrogens is 312 g/mol. The van der Waals surface area contributed by atoms with Crippen LogP contribution in [0.3, 0.4) is 0 Å². The maximum absolute atomic E-state index is 12.9. The Bertz CT molecular complexity index is 898. The van der Waals surface area contributed by atoms with E-state index >= 15 is 0 Å². The largest absolute Gasteiger partial charge is 0.497 e. The minimum absolute atomic E-state index is 0.0244. The second-order valence-electron chi connectivity index (χ2n) is 5.17. The average Bonchev–Trinajstić information content (AvgIpc) is 2.98. The molecule has 0 aliphatic carbocycles. The first-order chi connectivity index (χ1) is 11.2. The van der Waals surface area contributed by atoms with Crippen LogP contribution in [-0.4, -0.2) is 30.4 Å². The van der Waals surface area contributed by atoms with Crippen molar-refractivity contribution in [3.63, 3.8) is 0 Å². The number of ether oxygens (including phenoxy) is 2. The number of aromatic nitrogens is 2. The fraction of sp³-hybridized carbons (Fsp3) is 0.294. The van der Waals surface area contributed by atoms with E-state index in [4.69, 9.17) is 9.47 Å². The van der Waals surface area contributed by atoms with Crippen LogP contribution in [0.15, 0.2) is 34.4 Å². The van der Waals surface area contributed by atoms with E-state index < -0.39 is 0 Å². The van der Waals surface area contributed by atoms with Gasteiger partial charge in [0.05, 0.1) is 25.6 Å². The Hall–Kier alpha value is -2.18. The lowest BCUT2D eigenvalue weighted by molar-refractivity contribution is 0.185. The molecule has 0 aliphatic rings. The third-order valence-corrected chi connectivity index (χ3v) is 4.66. The topological polar surface area (TPSA) is 53.4 Å². The molecule has 0 atom stereocenters. The van der Waals surface area contributed by atoms with Gasteiger partial charge in [0.25, 0.3) is 5.56 Å². The van der Waals surface area contributed by atoms with Gasteiger partial charge in [0.1, 0.15) is 16.4 Å². The molecule has 0 amide bonds. The molecule has 23 heavy (non-hydrogen) atoms. The SMILES string of the molecule is COCCn1c(C)nc2scc(-c3cccc(OC)c3)c2c1=O. The Morgan fingerprint density at radius 2 is 2.13 bits per heavy atom. The number of rotatable bonds is 5. The van der Waals surface area contributed by atoms with Gasteiger partial charge in [-0.2, -0.15) is 0 Å². The number of methoxy groups -OCH3 is 2. The maximum atomic E-state index is 12.9. The number of aryl methyl sites for hydroxylation is 1. The molecule has 0 radical (unpaired) electrons. The predicted molar refractivity (Wildman–Crippen MR) is 92.5 cm³/mol. The van der Waals surface area contributed by atoms with Crippen LogP contribution in [0.4, 0.5) is 0 Å². The van der Waals surface area contributed by atoms with Crippen molar-refractivity contribution >= 4 is 21.6 Å². The quantitative estimate of drug-likeness (QED) is 0.721. The average molecular weight is 330 g/mol. The smallest absolute Gasteiger partial charge is 0.262 e. The molecule has 0 saturated carbocycles. The van der Waals surface area contributed by atoms with Gasteiger partial charge in [-0.25, -0.2) is 4.98 Å². The highest BCUT2D eigenvalue weighted by atomic mass is 32.1. The monoisotopic (exact) mass is 330 g/mol. The summed E-state index contributed by atoms with van der Waals surface area (Å²) in [5, 5.41) is 2.64. The number of hydrogen-bond acceptors (Lipinski definition) is 5. The van der Waals surface area contributed by atoms with E-state index in [9.17, 15) is 4.79 Å². The van der Waals surface area contributed by atoms with Crippen molar-refractivity contribution in [2.24, 2.45) is 0 Å². The molecule has 2 aromatic heterocycles. The zero-order chi connectivity index (χ0) is 16.4. The van der Waals surface area contributed by atoms with Crippen molar-refractivity contribution in [2.45, 2.75) is 13.5 Å². The van der Waals surface area contributed by atoms with E-state index in [2.05, 4.69) is 4.98 Å². The molecule has 3 rings (SSSR count). The fourth-order valence-corrected chi connectivity index (χ4v) is 3.56. The Morgan fingerprint density at radius 1 is 1.30 bits per heavy atom. The van der Waals surface area contributed by atoms with E-state index in [1.165, 1.54) is 11.3 Å². The molecule has 5 nitrogen and oxygen atoms in total. The molecule has 0 N–H and O–H groups in total. The zero-order valence-electron chi connectivity index (χ0n) is 13.3. The first-order valence-corrected chi connectivity index (χ1v) is 8.15. The van der Waals surface area contributed by atoms with Crippen molar-refractivity contribution in [2.75, 3.05) is 20.8 Å². The molecule has 0 unspecified atom stereocenters. The van der Waals surface area contributed by atoms with E-state index in [1.807, 2.05) is 36.6 Å². The zero-order valence-corrected chi connectivity index (χ0v) is 14.1. The van der Waals surface area contributed by atoms with E-state index in [1.54, 1.807) is 18.8 Å². The molecule has 0 fully saturated rings. The Labute approximate surface area is 138 Å². The van der Waals surface area contributed by atoms with Crippen molar-refractivity contribution < 1.29 is 9.47 Å². The summed E-state index contributed by atoms with van der Waals surface area (Å²) in [6.07, 6.45) is 0. The van der Waals surface area contributed by atoms with Crippen LogP contribution in [0.1, 0.15) is 5.82 Å². The van der Waals surface area contributed by atoms with Gasteiger partial charge >= 0.3 is 0 Å². The van der Waals surface area contributed by atoms with Gasteiger partial charge in [-0.1, -0.05) is 12.1 Å². The standard InChI is InChI=1S/C17H18N2O3S/c1-11-18-16-15(17(20)19(11)7-8-21-2)14(10-23-16)12-5-4-6-13(9-12)22-3/h4-6,9-10H,7-8H2,1-3H3. The lowest BCUT2D eigenvalue weighted by Crippen LogP contribution is -2.25. The molecule has 2 heterocycles. The maximum Gasteiger partial charge on any atom is 0.262 e. The Morgan fingerprint density at radius 3 is 2.87 bits per heavy atom. The van der Waals surface area contributed by atoms with Gasteiger partial charge in [0, 0.05) is 18.1 Å². The Kier molecular flexibility index (Phi) is 4.45. The van der Waals surface area contributed by atoms with Crippen LogP contribution in [0.25, 0.3) is 21.3 Å². The molecule has 0 aliphatic heterocycles. The molecule has 3 aromatic rings. The second kappa shape index (κ2) is 6.52. The van der Waals surface area contributed by atoms with Crippen LogP contribution < -0.4 is 10.3 Å². The van der Waals surface area contributed by atoms with Crippen molar-refractivity contribution in [3.05, 3.63) is 45.8 Å². The highest BCUT2D eigenvalue weighted by Crippen LogP contribution is 2.32. The lowest BCUT2D eigenvalue weighted by Gasteiger charge is -2.09. The van der Waals surface area contributed by atoms with Crippen LogP contribution in [0.2, 0.25) is 0 Å². The third kappa shape index (κ3) is 2.87. The molecular formula is C17H18N2O3S. The molecule has 6 heteroatoms. The van der Waals surface area contributed by atoms with Gasteiger partial charge in [-0.15, -0.1) is 11.3 Å². The van der Waals surface area contributed by atoms with Crippen molar-refractivity contribution in [1.82, 2.24) is 9.55 Å². The second-order valence-corrected chi connectivity index (χ2v) is 6.03. The highest BCUT2D eigenvalue weighted by Gasteiger charge is 2.15. The lowest BCUT2D eigenvalue weighted by atomic mass is 10.1. The summed E-state index contributed by atoms with van der Waals surface area (Å²) in [6.45, 7) is 2.82. The molecule has 1 aromatic carbocycles. The van der Waals surface area contributed by atoms with Crippen LogP contribution in [-0.2, 0) is 11.3 Å². The van der Waals surface area contributed by atoms with Gasteiger partial charge in [0.2, 0.25) is 0 Å². The van der Waals surface area contributed by atoms with Crippen molar-refractivity contribution in [3.8, 4) is 16.9 Å². The van der Waals surface area contributed by atoms with E-state index in [-0.39, 0.29) is 5.56 Å². The predicted octanol–water partition coefficient (Wildman–Crippen LogP) is 3.09. The number of thiophene rings is 1. The minimum Gasteiger partial charge on any atom is -0.497 e. The summed E-state index contributed by atoms with van der Waals surface area (Å²) in [7, 11) is 3.26. The highest BCUT2D eigenvalue weighted by molar-refractivity contribution is 7.17. The number of benzene rings is 1. The molecule has 120 valence electrons. The van der Waals surface area contributed by atoms with Crippen LogP contribution in [0.5, 0.6) is 5.75 Å². The van der Waals surface area contributed by atoms with E-state index in [0.717, 1.165) is 21.7 Å². The Balaban J connectivity index is 2.20. The summed E-state index contributed by atoms with van der Waals surface area (Å²) in [5.41, 5.74) is 1.83. The fourth-order valence-electron chi connectivity index (χ4n) is 2.57. The van der Waals surface area contributed by atoms with Crippen LogP contribution >= 0.6 is 11.3 Å². The normalized spacial score (nSPS) is 11.1. The molecule has 0 spiro atoms. The minimum atomic E-state index is -0.0244. The molecule has 0 bridgehead atoms. The first kappa shape index (κ1) is 15.7. The van der Waals surface area contributed by atoms with Gasteiger partial charge in [0.15, 0.2) is 0 Å².